The summed E-state index contributed by atoms with van der Waals surface area (Å²) in [4.78, 5) is 33.7. The van der Waals surface area contributed by atoms with Crippen LogP contribution in [0.25, 0.3) is 0 Å². The molecule has 0 bridgehead atoms. The van der Waals surface area contributed by atoms with Gasteiger partial charge in [-0.2, -0.15) is 0 Å². The van der Waals surface area contributed by atoms with Gasteiger partial charge >= 0.3 is 0 Å². The topological polar surface area (TPSA) is 75.2 Å². The standard InChI is InChI=1S/C13H18N4O2/c1-3-9(2)12-13(19)17(8-11(18)16-12)7-10-14-5-4-6-15-10/h4-6,9,12H,3,7-8H2,1-2H3,(H,16,18). The highest BCUT2D eigenvalue weighted by Crippen LogP contribution is 2.15. The summed E-state index contributed by atoms with van der Waals surface area (Å²) in [6.45, 7) is 4.32. The first-order valence-electron chi connectivity index (χ1n) is 6.46. The summed E-state index contributed by atoms with van der Waals surface area (Å²) >= 11 is 0. The lowest BCUT2D eigenvalue weighted by Gasteiger charge is -2.34. The molecule has 1 aromatic rings. The van der Waals surface area contributed by atoms with E-state index in [9.17, 15) is 9.59 Å². The van der Waals surface area contributed by atoms with Crippen molar-refractivity contribution in [3.63, 3.8) is 0 Å². The van der Waals surface area contributed by atoms with Crippen molar-refractivity contribution in [2.75, 3.05) is 6.54 Å². The van der Waals surface area contributed by atoms with Crippen LogP contribution in [0, 0.1) is 5.92 Å². The Balaban J connectivity index is 2.11. The first-order valence-corrected chi connectivity index (χ1v) is 6.46. The lowest BCUT2D eigenvalue weighted by Crippen LogP contribution is -2.59. The number of aromatic nitrogens is 2. The highest BCUT2D eigenvalue weighted by molar-refractivity contribution is 5.94. The zero-order valence-electron chi connectivity index (χ0n) is 11.2. The molecule has 1 fully saturated rings. The Labute approximate surface area is 112 Å². The number of hydrogen-bond donors (Lipinski definition) is 1. The van der Waals surface area contributed by atoms with Gasteiger partial charge in [0.05, 0.1) is 6.54 Å². The van der Waals surface area contributed by atoms with Crippen LogP contribution in [0.4, 0.5) is 0 Å². The van der Waals surface area contributed by atoms with Crippen LogP contribution in [0.1, 0.15) is 26.1 Å². The average Bonchev–Trinajstić information content (AvgIpc) is 2.42. The number of nitrogens with one attached hydrogen (secondary N) is 1. The third-order valence-electron chi connectivity index (χ3n) is 3.39. The highest BCUT2D eigenvalue weighted by Gasteiger charge is 2.35. The van der Waals surface area contributed by atoms with Gasteiger partial charge in [0, 0.05) is 12.4 Å². The molecular formula is C13H18N4O2. The van der Waals surface area contributed by atoms with Gasteiger partial charge in [0.25, 0.3) is 0 Å². The molecule has 1 aromatic heterocycles. The summed E-state index contributed by atoms with van der Waals surface area (Å²) in [5, 5.41) is 2.76. The molecule has 1 saturated heterocycles. The van der Waals surface area contributed by atoms with E-state index in [0.29, 0.717) is 5.82 Å². The maximum absolute atomic E-state index is 12.3. The third-order valence-corrected chi connectivity index (χ3v) is 3.39. The largest absolute Gasteiger partial charge is 0.342 e. The van der Waals surface area contributed by atoms with Crippen LogP contribution in [0.2, 0.25) is 0 Å². The van der Waals surface area contributed by atoms with Crippen LogP contribution >= 0.6 is 0 Å². The van der Waals surface area contributed by atoms with Crippen molar-refractivity contribution in [3.8, 4) is 0 Å². The third kappa shape index (κ3) is 3.07. The summed E-state index contributed by atoms with van der Waals surface area (Å²) in [7, 11) is 0. The Morgan fingerprint density at radius 1 is 1.42 bits per heavy atom. The number of rotatable bonds is 4. The van der Waals surface area contributed by atoms with E-state index in [-0.39, 0.29) is 30.8 Å². The molecule has 1 aliphatic heterocycles. The fourth-order valence-corrected chi connectivity index (χ4v) is 2.07. The Kier molecular flexibility index (Phi) is 4.09. The second-order valence-electron chi connectivity index (χ2n) is 4.79. The van der Waals surface area contributed by atoms with E-state index in [2.05, 4.69) is 15.3 Å². The van der Waals surface area contributed by atoms with Gasteiger partial charge in [-0.1, -0.05) is 20.3 Å². The molecule has 0 aromatic carbocycles. The summed E-state index contributed by atoms with van der Waals surface area (Å²) in [6.07, 6.45) is 4.10. The van der Waals surface area contributed by atoms with Gasteiger partial charge in [0.2, 0.25) is 11.8 Å². The molecule has 2 unspecified atom stereocenters. The Bertz CT molecular complexity index is 463. The molecule has 2 heterocycles. The predicted octanol–water partition coefficient (Wildman–Crippen LogP) is 0.350. The summed E-state index contributed by atoms with van der Waals surface area (Å²) in [5.41, 5.74) is 0. The van der Waals surface area contributed by atoms with Gasteiger partial charge in [-0.3, -0.25) is 9.59 Å². The molecular weight excluding hydrogens is 244 g/mol. The molecule has 2 rings (SSSR count). The van der Waals surface area contributed by atoms with Gasteiger partial charge in [0.1, 0.15) is 18.4 Å². The molecule has 1 N–H and O–H groups in total. The highest BCUT2D eigenvalue weighted by atomic mass is 16.2. The second kappa shape index (κ2) is 5.77. The molecule has 0 saturated carbocycles. The van der Waals surface area contributed by atoms with Gasteiger partial charge < -0.3 is 10.2 Å². The maximum Gasteiger partial charge on any atom is 0.246 e. The van der Waals surface area contributed by atoms with E-state index >= 15 is 0 Å². The Morgan fingerprint density at radius 3 is 2.74 bits per heavy atom. The Hall–Kier alpha value is -1.98. The monoisotopic (exact) mass is 262 g/mol. The van der Waals surface area contributed by atoms with E-state index in [1.807, 2.05) is 13.8 Å². The molecule has 102 valence electrons. The second-order valence-corrected chi connectivity index (χ2v) is 4.79. The molecule has 0 spiro atoms. The molecule has 2 atom stereocenters. The maximum atomic E-state index is 12.3. The lowest BCUT2D eigenvalue weighted by molar-refractivity contribution is -0.146. The molecule has 19 heavy (non-hydrogen) atoms. The van der Waals surface area contributed by atoms with Crippen LogP contribution in [0.5, 0.6) is 0 Å². The van der Waals surface area contributed by atoms with E-state index in [0.717, 1.165) is 6.42 Å². The number of carbonyl (C=O) groups is 2. The van der Waals surface area contributed by atoms with Crippen molar-refractivity contribution in [2.24, 2.45) is 5.92 Å². The molecule has 6 heteroatoms. The zero-order chi connectivity index (χ0) is 13.8. The number of piperazine rings is 1. The first kappa shape index (κ1) is 13.5. The normalized spacial score (nSPS) is 21.2. The van der Waals surface area contributed by atoms with Crippen LogP contribution < -0.4 is 5.32 Å². The smallest absolute Gasteiger partial charge is 0.246 e. The van der Waals surface area contributed by atoms with E-state index in [1.165, 1.54) is 4.90 Å². The van der Waals surface area contributed by atoms with E-state index in [1.54, 1.807) is 18.5 Å². The first-order chi connectivity index (χ1) is 9.11. The molecule has 1 aliphatic rings. The molecule has 2 amide bonds. The summed E-state index contributed by atoms with van der Waals surface area (Å²) in [6, 6.07) is 1.28. The van der Waals surface area contributed by atoms with Crippen molar-refractivity contribution in [1.29, 1.82) is 0 Å². The predicted molar refractivity (Wildman–Crippen MR) is 68.8 cm³/mol. The number of carbonyl (C=O) groups excluding carboxylic acids is 2. The number of nitrogens with zero attached hydrogens (tertiary/aromatic N) is 3. The Morgan fingerprint density at radius 2 is 2.11 bits per heavy atom. The molecule has 6 nitrogen and oxygen atoms in total. The van der Waals surface area contributed by atoms with Crippen molar-refractivity contribution in [3.05, 3.63) is 24.3 Å². The minimum atomic E-state index is -0.435. The van der Waals surface area contributed by atoms with E-state index in [4.69, 9.17) is 0 Å². The fourth-order valence-electron chi connectivity index (χ4n) is 2.07. The van der Waals surface area contributed by atoms with Crippen LogP contribution in [0.15, 0.2) is 18.5 Å². The van der Waals surface area contributed by atoms with Crippen molar-refractivity contribution >= 4 is 11.8 Å². The summed E-state index contributed by atoms with van der Waals surface area (Å²) in [5.74, 6) is 0.492. The number of amides is 2. The molecule has 0 aliphatic carbocycles. The van der Waals surface area contributed by atoms with Crippen molar-refractivity contribution in [1.82, 2.24) is 20.2 Å². The van der Waals surface area contributed by atoms with E-state index < -0.39 is 6.04 Å². The minimum absolute atomic E-state index is 0.0543. The quantitative estimate of drug-likeness (QED) is 0.849. The average molecular weight is 262 g/mol. The van der Waals surface area contributed by atoms with Gasteiger partial charge in [0.15, 0.2) is 0 Å². The van der Waals surface area contributed by atoms with Gasteiger partial charge in [-0.25, -0.2) is 9.97 Å². The number of hydrogen-bond acceptors (Lipinski definition) is 4. The van der Waals surface area contributed by atoms with Gasteiger partial charge in [-0.15, -0.1) is 0 Å². The van der Waals surface area contributed by atoms with Crippen molar-refractivity contribution in [2.45, 2.75) is 32.9 Å². The zero-order valence-corrected chi connectivity index (χ0v) is 11.2. The summed E-state index contributed by atoms with van der Waals surface area (Å²) < 4.78 is 0. The minimum Gasteiger partial charge on any atom is -0.342 e. The van der Waals surface area contributed by atoms with Crippen LogP contribution in [0.3, 0.4) is 0 Å². The SMILES string of the molecule is CCC(C)C1NC(=O)CN(Cc2ncccn2)C1=O. The fraction of sp³-hybridized carbons (Fsp3) is 0.538. The van der Waals surface area contributed by atoms with Crippen LogP contribution in [-0.4, -0.2) is 39.3 Å². The van der Waals surface area contributed by atoms with Gasteiger partial charge in [-0.05, 0) is 12.0 Å². The lowest BCUT2D eigenvalue weighted by atomic mass is 9.96. The molecule has 0 radical (unpaired) electrons. The van der Waals surface area contributed by atoms with Crippen molar-refractivity contribution < 1.29 is 9.59 Å². The van der Waals surface area contributed by atoms with Crippen LogP contribution in [-0.2, 0) is 16.1 Å².